The Morgan fingerprint density at radius 2 is 2.14 bits per heavy atom. The van der Waals surface area contributed by atoms with Crippen LogP contribution in [0.25, 0.3) is 5.65 Å². The second-order valence-corrected chi connectivity index (χ2v) is 6.71. The second kappa shape index (κ2) is 6.84. The predicted molar refractivity (Wildman–Crippen MR) is 93.2 cm³/mol. The van der Waals surface area contributed by atoms with E-state index in [0.717, 1.165) is 6.20 Å². The van der Waals surface area contributed by atoms with Gasteiger partial charge in [-0.25, -0.2) is 9.97 Å². The van der Waals surface area contributed by atoms with Gasteiger partial charge in [-0.15, -0.1) is 0 Å². The Balaban J connectivity index is 1.55. The lowest BCUT2D eigenvalue weighted by molar-refractivity contribution is -0.141. The van der Waals surface area contributed by atoms with E-state index in [2.05, 4.69) is 15.0 Å². The molecule has 0 spiro atoms. The summed E-state index contributed by atoms with van der Waals surface area (Å²) in [4.78, 5) is 25.1. The SMILES string of the molecule is COc1ccn2c(C(=O)N3CCC[C@H](c4ncc(C(F)(F)F)[nH]4)C3)cnc2c1. The number of hydrogen-bond donors (Lipinski definition) is 1. The summed E-state index contributed by atoms with van der Waals surface area (Å²) in [5.74, 6) is 0.402. The van der Waals surface area contributed by atoms with Crippen molar-refractivity contribution < 1.29 is 22.7 Å². The first kappa shape index (κ1) is 18.3. The molecule has 3 aromatic rings. The van der Waals surface area contributed by atoms with Crippen LogP contribution >= 0.6 is 0 Å². The van der Waals surface area contributed by atoms with Crippen LogP contribution in [0.3, 0.4) is 0 Å². The molecule has 1 aliphatic rings. The number of hydrogen-bond acceptors (Lipinski definition) is 4. The van der Waals surface area contributed by atoms with E-state index in [0.29, 0.717) is 43.0 Å². The molecular formula is C18H18F3N5O2. The third-order valence-corrected chi connectivity index (χ3v) is 4.94. The lowest BCUT2D eigenvalue weighted by Gasteiger charge is -2.31. The summed E-state index contributed by atoms with van der Waals surface area (Å²) in [7, 11) is 1.55. The van der Waals surface area contributed by atoms with Crippen molar-refractivity contribution in [1.82, 2.24) is 24.3 Å². The van der Waals surface area contributed by atoms with Gasteiger partial charge >= 0.3 is 6.18 Å². The number of carbonyl (C=O) groups is 1. The number of methoxy groups -OCH3 is 1. The fourth-order valence-electron chi connectivity index (χ4n) is 3.48. The van der Waals surface area contributed by atoms with Crippen molar-refractivity contribution >= 4 is 11.6 Å². The zero-order chi connectivity index (χ0) is 19.9. The molecule has 1 fully saturated rings. The molecule has 4 rings (SSSR count). The maximum Gasteiger partial charge on any atom is 0.432 e. The van der Waals surface area contributed by atoms with E-state index in [9.17, 15) is 18.0 Å². The van der Waals surface area contributed by atoms with Gasteiger partial charge in [-0.05, 0) is 18.9 Å². The number of aromatic nitrogens is 4. The Morgan fingerprint density at radius 3 is 2.86 bits per heavy atom. The van der Waals surface area contributed by atoms with Gasteiger partial charge < -0.3 is 14.6 Å². The predicted octanol–water partition coefficient (Wildman–Crippen LogP) is 3.10. The highest BCUT2D eigenvalue weighted by Crippen LogP contribution is 2.31. The normalized spacial score (nSPS) is 17.9. The van der Waals surface area contributed by atoms with Crippen molar-refractivity contribution in [2.45, 2.75) is 24.9 Å². The van der Waals surface area contributed by atoms with Crippen molar-refractivity contribution in [3.63, 3.8) is 0 Å². The van der Waals surface area contributed by atoms with Gasteiger partial charge in [0, 0.05) is 31.3 Å². The molecular weight excluding hydrogens is 375 g/mol. The van der Waals surface area contributed by atoms with Crippen LogP contribution < -0.4 is 4.74 Å². The van der Waals surface area contributed by atoms with E-state index in [1.807, 2.05) is 0 Å². The van der Waals surface area contributed by atoms with Crippen LogP contribution in [0.2, 0.25) is 0 Å². The van der Waals surface area contributed by atoms with Crippen molar-refractivity contribution in [2.75, 3.05) is 20.2 Å². The molecule has 1 saturated heterocycles. The van der Waals surface area contributed by atoms with Gasteiger partial charge in [-0.1, -0.05) is 0 Å². The maximum absolute atomic E-state index is 13.0. The molecule has 28 heavy (non-hydrogen) atoms. The lowest BCUT2D eigenvalue weighted by atomic mass is 9.97. The molecule has 1 N–H and O–H groups in total. The molecule has 1 atom stereocenters. The Morgan fingerprint density at radius 1 is 1.32 bits per heavy atom. The van der Waals surface area contributed by atoms with Gasteiger partial charge in [0.25, 0.3) is 5.91 Å². The van der Waals surface area contributed by atoms with Crippen molar-refractivity contribution in [3.8, 4) is 5.75 Å². The van der Waals surface area contributed by atoms with E-state index in [-0.39, 0.29) is 17.6 Å². The zero-order valence-electron chi connectivity index (χ0n) is 15.0. The minimum atomic E-state index is -4.47. The molecule has 7 nitrogen and oxygen atoms in total. The number of aromatic amines is 1. The monoisotopic (exact) mass is 393 g/mol. The molecule has 0 saturated carbocycles. The van der Waals surface area contributed by atoms with Crippen LogP contribution in [0.4, 0.5) is 13.2 Å². The largest absolute Gasteiger partial charge is 0.497 e. The molecule has 0 bridgehead atoms. The number of nitrogens with one attached hydrogen (secondary N) is 1. The molecule has 0 radical (unpaired) electrons. The third-order valence-electron chi connectivity index (χ3n) is 4.94. The first-order valence-corrected chi connectivity index (χ1v) is 8.79. The Labute approximate surface area is 158 Å². The number of alkyl halides is 3. The van der Waals surface area contributed by atoms with E-state index >= 15 is 0 Å². The van der Waals surface area contributed by atoms with Gasteiger partial charge in [0.1, 0.15) is 28.6 Å². The Bertz CT molecular complexity index is 1010. The maximum atomic E-state index is 13.0. The van der Waals surface area contributed by atoms with Crippen molar-refractivity contribution in [2.24, 2.45) is 0 Å². The van der Waals surface area contributed by atoms with E-state index in [4.69, 9.17) is 4.74 Å². The van der Waals surface area contributed by atoms with Gasteiger partial charge in [0.2, 0.25) is 0 Å². The fourth-order valence-corrected chi connectivity index (χ4v) is 3.48. The molecule has 1 amide bonds. The van der Waals surface area contributed by atoms with Crippen molar-refractivity contribution in [3.05, 3.63) is 47.9 Å². The summed E-state index contributed by atoms with van der Waals surface area (Å²) >= 11 is 0. The number of ether oxygens (including phenoxy) is 1. The number of amides is 1. The number of fused-ring (bicyclic) bond motifs is 1. The quantitative estimate of drug-likeness (QED) is 0.742. The molecule has 10 heteroatoms. The molecule has 148 valence electrons. The molecule has 4 heterocycles. The topological polar surface area (TPSA) is 75.5 Å². The number of H-pyrrole nitrogens is 1. The first-order chi connectivity index (χ1) is 13.4. The van der Waals surface area contributed by atoms with Crippen LogP contribution in [0.5, 0.6) is 5.75 Å². The molecule has 0 aromatic carbocycles. The average Bonchev–Trinajstić information content (AvgIpc) is 3.34. The number of imidazole rings is 2. The van der Waals surface area contributed by atoms with Gasteiger partial charge in [0.05, 0.1) is 19.5 Å². The average molecular weight is 393 g/mol. The second-order valence-electron chi connectivity index (χ2n) is 6.71. The van der Waals surface area contributed by atoms with Crippen LogP contribution in [0.1, 0.15) is 40.8 Å². The molecule has 1 aliphatic heterocycles. The summed E-state index contributed by atoms with van der Waals surface area (Å²) < 4.78 is 45.2. The number of likely N-dealkylation sites (tertiary alicyclic amines) is 1. The number of nitrogens with zero attached hydrogens (tertiary/aromatic N) is 4. The van der Waals surface area contributed by atoms with Gasteiger partial charge in [-0.2, -0.15) is 13.2 Å². The highest BCUT2D eigenvalue weighted by molar-refractivity contribution is 5.93. The van der Waals surface area contributed by atoms with Crippen molar-refractivity contribution in [1.29, 1.82) is 0 Å². The first-order valence-electron chi connectivity index (χ1n) is 8.79. The summed E-state index contributed by atoms with van der Waals surface area (Å²) in [5.41, 5.74) is 0.104. The standard InChI is InChI=1S/C18H18F3N5O2/c1-28-12-4-6-26-13(8-22-15(26)7-12)17(27)25-5-2-3-11(10-25)16-23-9-14(24-16)18(19,20)21/h4,6-9,11H,2-3,5,10H2,1H3,(H,23,24)/t11-/m0/s1. The summed E-state index contributed by atoms with van der Waals surface area (Å²) in [6.45, 7) is 0.832. The molecule has 0 unspecified atom stereocenters. The van der Waals surface area contributed by atoms with E-state index in [1.54, 1.807) is 34.7 Å². The number of pyridine rings is 1. The number of rotatable bonds is 3. The number of piperidine rings is 1. The minimum Gasteiger partial charge on any atom is -0.497 e. The number of carbonyl (C=O) groups excluding carboxylic acids is 1. The number of halogens is 3. The van der Waals surface area contributed by atoms with Crippen LogP contribution in [0, 0.1) is 0 Å². The summed E-state index contributed by atoms with van der Waals surface area (Å²) in [5, 5.41) is 0. The van der Waals surface area contributed by atoms with Gasteiger partial charge in [-0.3, -0.25) is 9.20 Å². The third kappa shape index (κ3) is 3.30. The summed E-state index contributed by atoms with van der Waals surface area (Å²) in [6.07, 6.45) is 0.885. The minimum absolute atomic E-state index is 0.218. The zero-order valence-corrected chi connectivity index (χ0v) is 15.0. The van der Waals surface area contributed by atoms with E-state index in [1.165, 1.54) is 6.20 Å². The van der Waals surface area contributed by atoms with Crippen LogP contribution in [0.15, 0.2) is 30.7 Å². The van der Waals surface area contributed by atoms with E-state index < -0.39 is 11.9 Å². The fraction of sp³-hybridized carbons (Fsp3) is 0.389. The Kier molecular flexibility index (Phi) is 4.48. The van der Waals surface area contributed by atoms with Crippen LogP contribution in [-0.2, 0) is 6.18 Å². The summed E-state index contributed by atoms with van der Waals surface area (Å²) in [6, 6.07) is 3.45. The molecule has 3 aromatic heterocycles. The highest BCUT2D eigenvalue weighted by Gasteiger charge is 2.35. The highest BCUT2D eigenvalue weighted by atomic mass is 19.4. The smallest absolute Gasteiger partial charge is 0.432 e. The Hall–Kier alpha value is -3.04. The van der Waals surface area contributed by atoms with Gasteiger partial charge in [0.15, 0.2) is 0 Å². The molecule has 0 aliphatic carbocycles. The van der Waals surface area contributed by atoms with Crippen LogP contribution in [-0.4, -0.2) is 50.4 Å². The lowest BCUT2D eigenvalue weighted by Crippen LogP contribution is -2.39.